The van der Waals surface area contributed by atoms with Gasteiger partial charge in [-0.3, -0.25) is 10.1 Å². The van der Waals surface area contributed by atoms with Crippen molar-refractivity contribution in [3.05, 3.63) is 46.4 Å². The molecule has 1 aliphatic rings. The number of anilines is 1. The van der Waals surface area contributed by atoms with Gasteiger partial charge in [0, 0.05) is 25.3 Å². The number of urea groups is 1. The van der Waals surface area contributed by atoms with Crippen LogP contribution in [0, 0.1) is 0 Å². The Kier molecular flexibility index (Phi) is 7.37. The van der Waals surface area contributed by atoms with E-state index < -0.39 is 5.56 Å². The number of unbranched alkanes of at least 4 members (excludes halogenated alkanes) is 1. The SMILES string of the molecule is CCCCN1CCC[C@H](NC(=O)Nc2nc(=O)c(-c3ccc(CN)cc3)c[nH]2)C1. The predicted octanol–water partition coefficient (Wildman–Crippen LogP) is 2.28. The Hall–Kier alpha value is -2.71. The molecule has 29 heavy (non-hydrogen) atoms. The molecular formula is C21H30N6O2. The van der Waals surface area contributed by atoms with E-state index in [2.05, 4.69) is 32.4 Å². The van der Waals surface area contributed by atoms with Gasteiger partial charge in [0.2, 0.25) is 5.95 Å². The quantitative estimate of drug-likeness (QED) is 0.571. The Labute approximate surface area is 170 Å². The van der Waals surface area contributed by atoms with Crippen molar-refractivity contribution in [3.63, 3.8) is 0 Å². The number of H-pyrrole nitrogens is 1. The Balaban J connectivity index is 1.58. The first-order valence-corrected chi connectivity index (χ1v) is 10.3. The number of nitrogens with two attached hydrogens (primary N) is 1. The summed E-state index contributed by atoms with van der Waals surface area (Å²) >= 11 is 0. The number of hydrogen-bond acceptors (Lipinski definition) is 5. The molecule has 0 aliphatic carbocycles. The summed E-state index contributed by atoms with van der Waals surface area (Å²) in [7, 11) is 0. The van der Waals surface area contributed by atoms with Crippen LogP contribution < -0.4 is 21.9 Å². The molecular weight excluding hydrogens is 368 g/mol. The maximum atomic E-state index is 12.4. The molecule has 1 aromatic carbocycles. The monoisotopic (exact) mass is 398 g/mol. The summed E-state index contributed by atoms with van der Waals surface area (Å²) in [4.78, 5) is 33.9. The molecule has 1 aromatic heterocycles. The van der Waals surface area contributed by atoms with E-state index in [0.29, 0.717) is 12.1 Å². The molecule has 2 heterocycles. The standard InChI is InChI=1S/C21H30N6O2/c1-2-3-10-27-11-4-5-17(14-27)24-21(29)26-20-23-13-18(19(28)25-20)16-8-6-15(12-22)7-9-16/h6-9,13,17H,2-5,10-12,14,22H2,1H3,(H3,23,24,25,26,28,29)/t17-/m0/s1. The molecule has 0 bridgehead atoms. The highest BCUT2D eigenvalue weighted by Crippen LogP contribution is 2.16. The average molecular weight is 399 g/mol. The minimum absolute atomic E-state index is 0.104. The lowest BCUT2D eigenvalue weighted by molar-refractivity contribution is 0.187. The maximum absolute atomic E-state index is 12.4. The van der Waals surface area contributed by atoms with Gasteiger partial charge in [-0.25, -0.2) is 4.79 Å². The Morgan fingerprint density at radius 2 is 2.14 bits per heavy atom. The third-order valence-corrected chi connectivity index (χ3v) is 5.20. The number of benzene rings is 1. The van der Waals surface area contributed by atoms with Gasteiger partial charge in [0.05, 0.1) is 5.56 Å². The first-order valence-electron chi connectivity index (χ1n) is 10.3. The van der Waals surface area contributed by atoms with Gasteiger partial charge in [-0.05, 0) is 43.5 Å². The van der Waals surface area contributed by atoms with Crippen molar-refractivity contribution in [2.75, 3.05) is 25.0 Å². The zero-order valence-corrected chi connectivity index (χ0v) is 16.9. The molecule has 0 spiro atoms. The fourth-order valence-corrected chi connectivity index (χ4v) is 3.57. The minimum Gasteiger partial charge on any atom is -0.334 e. The Morgan fingerprint density at radius 1 is 1.34 bits per heavy atom. The number of rotatable bonds is 7. The molecule has 2 aromatic rings. The number of carbonyl (C=O) groups excluding carboxylic acids is 1. The van der Waals surface area contributed by atoms with E-state index in [9.17, 15) is 9.59 Å². The first kappa shape index (κ1) is 21.0. The van der Waals surface area contributed by atoms with Crippen LogP contribution >= 0.6 is 0 Å². The third kappa shape index (κ3) is 5.88. The molecule has 156 valence electrons. The maximum Gasteiger partial charge on any atom is 0.321 e. The van der Waals surface area contributed by atoms with E-state index in [1.54, 1.807) is 6.20 Å². The molecule has 1 atom stereocenters. The molecule has 1 fully saturated rings. The van der Waals surface area contributed by atoms with Crippen molar-refractivity contribution in [2.45, 2.75) is 45.2 Å². The van der Waals surface area contributed by atoms with Crippen LogP contribution in [0.1, 0.15) is 38.2 Å². The summed E-state index contributed by atoms with van der Waals surface area (Å²) < 4.78 is 0. The lowest BCUT2D eigenvalue weighted by Gasteiger charge is -2.33. The van der Waals surface area contributed by atoms with Gasteiger partial charge >= 0.3 is 6.03 Å². The summed E-state index contributed by atoms with van der Waals surface area (Å²) in [6.07, 6.45) is 5.93. The number of carbonyl (C=O) groups is 1. The fourth-order valence-electron chi connectivity index (χ4n) is 3.57. The molecule has 0 radical (unpaired) electrons. The van der Waals surface area contributed by atoms with Crippen molar-refractivity contribution in [3.8, 4) is 11.1 Å². The van der Waals surface area contributed by atoms with Crippen LogP contribution in [0.25, 0.3) is 11.1 Å². The van der Waals surface area contributed by atoms with Crippen LogP contribution in [0.2, 0.25) is 0 Å². The van der Waals surface area contributed by atoms with Gasteiger partial charge in [0.15, 0.2) is 0 Å². The van der Waals surface area contributed by atoms with Crippen molar-refractivity contribution in [2.24, 2.45) is 5.73 Å². The lowest BCUT2D eigenvalue weighted by Crippen LogP contribution is -2.49. The predicted molar refractivity (Wildman–Crippen MR) is 115 cm³/mol. The van der Waals surface area contributed by atoms with Crippen molar-refractivity contribution in [1.82, 2.24) is 20.2 Å². The molecule has 3 rings (SSSR count). The number of hydrogen-bond donors (Lipinski definition) is 4. The van der Waals surface area contributed by atoms with Gasteiger partial charge in [-0.1, -0.05) is 37.6 Å². The molecule has 1 saturated heterocycles. The van der Waals surface area contributed by atoms with Crippen LogP contribution in [0.3, 0.4) is 0 Å². The van der Waals surface area contributed by atoms with Gasteiger partial charge in [0.1, 0.15) is 0 Å². The summed E-state index contributed by atoms with van der Waals surface area (Å²) in [6.45, 7) is 5.64. The summed E-state index contributed by atoms with van der Waals surface area (Å²) in [5.41, 5.74) is 7.39. The van der Waals surface area contributed by atoms with E-state index in [-0.39, 0.29) is 18.0 Å². The largest absolute Gasteiger partial charge is 0.334 e. The van der Waals surface area contributed by atoms with Gasteiger partial charge < -0.3 is 20.9 Å². The van der Waals surface area contributed by atoms with E-state index >= 15 is 0 Å². The fraction of sp³-hybridized carbons (Fsp3) is 0.476. The smallest absolute Gasteiger partial charge is 0.321 e. The van der Waals surface area contributed by atoms with Gasteiger partial charge in [-0.2, -0.15) is 4.98 Å². The molecule has 5 N–H and O–H groups in total. The highest BCUT2D eigenvalue weighted by Gasteiger charge is 2.21. The Morgan fingerprint density at radius 3 is 2.83 bits per heavy atom. The van der Waals surface area contributed by atoms with Gasteiger partial charge in [-0.15, -0.1) is 0 Å². The molecule has 8 heteroatoms. The molecule has 8 nitrogen and oxygen atoms in total. The molecule has 1 aliphatic heterocycles. The molecule has 0 unspecified atom stereocenters. The number of piperidine rings is 1. The number of aromatic amines is 1. The zero-order valence-electron chi connectivity index (χ0n) is 16.9. The zero-order chi connectivity index (χ0) is 20.6. The summed E-state index contributed by atoms with van der Waals surface area (Å²) in [5, 5.41) is 5.62. The lowest BCUT2D eigenvalue weighted by atomic mass is 10.1. The second kappa shape index (κ2) is 10.2. The van der Waals surface area contributed by atoms with E-state index in [1.807, 2.05) is 24.3 Å². The second-order valence-corrected chi connectivity index (χ2v) is 7.46. The van der Waals surface area contributed by atoms with Crippen LogP contribution in [0.4, 0.5) is 10.7 Å². The Bertz CT molecular complexity index is 864. The number of amides is 2. The van der Waals surface area contributed by atoms with Crippen LogP contribution in [-0.2, 0) is 6.54 Å². The van der Waals surface area contributed by atoms with Crippen LogP contribution in [0.15, 0.2) is 35.3 Å². The summed E-state index contributed by atoms with van der Waals surface area (Å²) in [6, 6.07) is 7.18. The third-order valence-electron chi connectivity index (χ3n) is 5.20. The van der Waals surface area contributed by atoms with Crippen molar-refractivity contribution < 1.29 is 4.79 Å². The number of nitrogens with zero attached hydrogens (tertiary/aromatic N) is 2. The molecule has 0 saturated carbocycles. The highest BCUT2D eigenvalue weighted by molar-refractivity contribution is 5.87. The average Bonchev–Trinajstić information content (AvgIpc) is 2.73. The number of nitrogens with one attached hydrogen (secondary N) is 3. The van der Waals surface area contributed by atoms with Gasteiger partial charge in [0.25, 0.3) is 5.56 Å². The first-order chi connectivity index (χ1) is 14.1. The number of aromatic nitrogens is 2. The van der Waals surface area contributed by atoms with Crippen LogP contribution in [-0.4, -0.2) is 46.6 Å². The van der Waals surface area contributed by atoms with Crippen LogP contribution in [0.5, 0.6) is 0 Å². The van der Waals surface area contributed by atoms with E-state index in [4.69, 9.17) is 5.73 Å². The van der Waals surface area contributed by atoms with Crippen molar-refractivity contribution >= 4 is 12.0 Å². The minimum atomic E-state index is -0.400. The van der Waals surface area contributed by atoms with Crippen molar-refractivity contribution in [1.29, 1.82) is 0 Å². The van der Waals surface area contributed by atoms with E-state index in [1.165, 1.54) is 12.8 Å². The summed E-state index contributed by atoms with van der Waals surface area (Å²) in [5.74, 6) is 0.133. The van der Waals surface area contributed by atoms with E-state index in [0.717, 1.165) is 43.6 Å². The topological polar surface area (TPSA) is 116 Å². The second-order valence-electron chi connectivity index (χ2n) is 7.46. The number of likely N-dealkylation sites (tertiary alicyclic amines) is 1. The highest BCUT2D eigenvalue weighted by atomic mass is 16.2. The molecule has 2 amide bonds. The normalized spacial score (nSPS) is 17.1.